The van der Waals surface area contributed by atoms with Gasteiger partial charge in [0.05, 0.1) is 6.61 Å². The highest BCUT2D eigenvalue weighted by Crippen LogP contribution is 2.45. The third-order valence-corrected chi connectivity index (χ3v) is 3.88. The summed E-state index contributed by atoms with van der Waals surface area (Å²) in [7, 11) is 0. The molecule has 1 heterocycles. The van der Waals surface area contributed by atoms with E-state index in [2.05, 4.69) is 25.7 Å². The van der Waals surface area contributed by atoms with E-state index in [0.29, 0.717) is 6.04 Å². The van der Waals surface area contributed by atoms with Gasteiger partial charge in [0.2, 0.25) is 0 Å². The molecule has 1 spiro atoms. The summed E-state index contributed by atoms with van der Waals surface area (Å²) >= 11 is 0. The Morgan fingerprint density at radius 2 is 2.00 bits per heavy atom. The van der Waals surface area contributed by atoms with Crippen LogP contribution < -0.4 is 0 Å². The molecule has 0 N–H and O–H groups in total. The molecule has 2 fully saturated rings. The van der Waals surface area contributed by atoms with Gasteiger partial charge in [0.15, 0.2) is 0 Å². The fourth-order valence-corrected chi connectivity index (χ4v) is 3.16. The van der Waals surface area contributed by atoms with E-state index in [1.54, 1.807) is 0 Å². The van der Waals surface area contributed by atoms with Crippen LogP contribution in [0.2, 0.25) is 0 Å². The smallest absolute Gasteiger partial charge is 0.124 e. The molecule has 1 saturated carbocycles. The molecule has 2 nitrogen and oxygen atoms in total. The first-order valence-corrected chi connectivity index (χ1v) is 6.61. The molecule has 0 aromatic carbocycles. The fraction of sp³-hybridized carbons (Fsp3) is 1.00. The van der Waals surface area contributed by atoms with Crippen LogP contribution in [0.25, 0.3) is 0 Å². The van der Waals surface area contributed by atoms with Crippen molar-refractivity contribution in [2.75, 3.05) is 13.2 Å². The summed E-state index contributed by atoms with van der Waals surface area (Å²) in [6.45, 7) is 12.9. The number of nitrogens with zero attached hydrogens (tertiary/aromatic N) is 1. The molecule has 0 radical (unpaired) electrons. The van der Waals surface area contributed by atoms with Gasteiger partial charge in [0, 0.05) is 6.04 Å². The van der Waals surface area contributed by atoms with Gasteiger partial charge in [-0.1, -0.05) is 27.7 Å². The van der Waals surface area contributed by atoms with Crippen molar-refractivity contribution in [3.8, 4) is 0 Å². The van der Waals surface area contributed by atoms with E-state index < -0.39 is 0 Å². The Morgan fingerprint density at radius 3 is 2.47 bits per heavy atom. The molecule has 2 heteroatoms. The van der Waals surface area contributed by atoms with Crippen LogP contribution in [0.15, 0.2) is 0 Å². The van der Waals surface area contributed by atoms with Gasteiger partial charge in [-0.15, -0.1) is 0 Å². The lowest BCUT2D eigenvalue weighted by atomic mass is 10.00. The first-order valence-electron chi connectivity index (χ1n) is 6.61. The number of hydrogen-bond acceptors (Lipinski definition) is 2. The summed E-state index contributed by atoms with van der Waals surface area (Å²) in [5.74, 6) is 0.720. The van der Waals surface area contributed by atoms with E-state index in [0.717, 1.165) is 19.1 Å². The molecule has 90 valence electrons. The van der Waals surface area contributed by atoms with Crippen molar-refractivity contribution in [1.29, 1.82) is 0 Å². The second-order valence-corrected chi connectivity index (χ2v) is 4.58. The van der Waals surface area contributed by atoms with Crippen molar-refractivity contribution in [3.63, 3.8) is 0 Å². The van der Waals surface area contributed by atoms with Gasteiger partial charge >= 0.3 is 0 Å². The van der Waals surface area contributed by atoms with Crippen LogP contribution >= 0.6 is 0 Å². The zero-order valence-electron chi connectivity index (χ0n) is 11.0. The summed E-state index contributed by atoms with van der Waals surface area (Å²) in [6, 6.07) is 0.616. The zero-order chi connectivity index (χ0) is 11.5. The molecule has 2 aliphatic rings. The second-order valence-electron chi connectivity index (χ2n) is 4.58. The van der Waals surface area contributed by atoms with Crippen molar-refractivity contribution < 1.29 is 4.74 Å². The van der Waals surface area contributed by atoms with Gasteiger partial charge in [-0.25, -0.2) is 0 Å². The van der Waals surface area contributed by atoms with Crippen LogP contribution in [0.5, 0.6) is 0 Å². The Labute approximate surface area is 95.0 Å². The van der Waals surface area contributed by atoms with Crippen molar-refractivity contribution in [1.82, 2.24) is 4.90 Å². The SMILES string of the molecule is CC.CCN1C(C)COC12CCCC2C. The monoisotopic (exact) mass is 213 g/mol. The third-order valence-electron chi connectivity index (χ3n) is 3.88. The molecular weight excluding hydrogens is 186 g/mol. The minimum Gasteiger partial charge on any atom is -0.359 e. The van der Waals surface area contributed by atoms with E-state index in [-0.39, 0.29) is 5.72 Å². The Kier molecular flexibility index (Phi) is 4.60. The maximum Gasteiger partial charge on any atom is 0.124 e. The number of likely N-dealkylation sites (N-methyl/N-ethyl adjacent to an activating group) is 1. The lowest BCUT2D eigenvalue weighted by Gasteiger charge is -2.38. The summed E-state index contributed by atoms with van der Waals surface area (Å²) in [6.07, 6.45) is 3.92. The molecule has 0 aromatic heterocycles. The van der Waals surface area contributed by atoms with E-state index in [4.69, 9.17) is 4.74 Å². The average Bonchev–Trinajstić information content (AvgIpc) is 2.77. The fourth-order valence-electron chi connectivity index (χ4n) is 3.16. The molecule has 0 bridgehead atoms. The highest BCUT2D eigenvalue weighted by Gasteiger charge is 2.51. The average molecular weight is 213 g/mol. The van der Waals surface area contributed by atoms with Gasteiger partial charge in [-0.05, 0) is 38.6 Å². The molecule has 15 heavy (non-hydrogen) atoms. The van der Waals surface area contributed by atoms with Crippen LogP contribution in [0.3, 0.4) is 0 Å². The summed E-state index contributed by atoms with van der Waals surface area (Å²) in [5, 5.41) is 0. The lowest BCUT2D eigenvalue weighted by Crippen LogP contribution is -2.49. The topological polar surface area (TPSA) is 12.5 Å². The van der Waals surface area contributed by atoms with Crippen LogP contribution in [0.1, 0.15) is 53.9 Å². The van der Waals surface area contributed by atoms with Crippen molar-refractivity contribution in [2.45, 2.75) is 65.6 Å². The number of rotatable bonds is 1. The zero-order valence-corrected chi connectivity index (χ0v) is 11.0. The molecule has 1 aliphatic carbocycles. The van der Waals surface area contributed by atoms with Gasteiger partial charge in [-0.2, -0.15) is 0 Å². The predicted octanol–water partition coefficient (Wildman–Crippen LogP) is 3.27. The Hall–Kier alpha value is -0.0800. The van der Waals surface area contributed by atoms with Crippen LogP contribution in [-0.2, 0) is 4.74 Å². The minimum absolute atomic E-state index is 0.119. The van der Waals surface area contributed by atoms with Gasteiger partial charge in [0.25, 0.3) is 0 Å². The summed E-state index contributed by atoms with van der Waals surface area (Å²) in [4.78, 5) is 2.56. The maximum absolute atomic E-state index is 6.06. The number of ether oxygens (including phenoxy) is 1. The Bertz CT molecular complexity index is 195. The van der Waals surface area contributed by atoms with Crippen molar-refractivity contribution in [3.05, 3.63) is 0 Å². The molecule has 3 atom stereocenters. The van der Waals surface area contributed by atoms with E-state index >= 15 is 0 Å². The molecule has 1 aliphatic heterocycles. The van der Waals surface area contributed by atoms with Gasteiger partial charge in [0.1, 0.15) is 5.72 Å². The molecule has 1 saturated heterocycles. The molecular formula is C13H27NO. The van der Waals surface area contributed by atoms with Gasteiger partial charge < -0.3 is 4.74 Å². The van der Waals surface area contributed by atoms with E-state index in [1.807, 2.05) is 13.8 Å². The minimum atomic E-state index is 0.119. The Balaban J connectivity index is 0.000000531. The highest BCUT2D eigenvalue weighted by molar-refractivity contribution is 4.97. The first-order chi connectivity index (χ1) is 7.20. The van der Waals surface area contributed by atoms with Crippen molar-refractivity contribution >= 4 is 0 Å². The third kappa shape index (κ3) is 2.07. The largest absolute Gasteiger partial charge is 0.359 e. The van der Waals surface area contributed by atoms with Crippen molar-refractivity contribution in [2.24, 2.45) is 5.92 Å². The van der Waals surface area contributed by atoms with Crippen LogP contribution in [-0.4, -0.2) is 29.8 Å². The summed E-state index contributed by atoms with van der Waals surface area (Å²) < 4.78 is 6.06. The predicted molar refractivity (Wildman–Crippen MR) is 64.9 cm³/mol. The standard InChI is InChI=1S/C11H21NO.C2H6/c1-4-12-10(3)8-13-11(12)7-5-6-9(11)2;1-2/h9-10H,4-8H2,1-3H3;1-2H3. The lowest BCUT2D eigenvalue weighted by molar-refractivity contribution is -0.106. The second kappa shape index (κ2) is 5.31. The molecule has 2 rings (SSSR count). The quantitative estimate of drug-likeness (QED) is 0.663. The van der Waals surface area contributed by atoms with Crippen LogP contribution in [0, 0.1) is 5.92 Å². The normalized spacial score (nSPS) is 40.6. The van der Waals surface area contributed by atoms with Crippen LogP contribution in [0.4, 0.5) is 0 Å². The molecule has 3 unspecified atom stereocenters. The maximum atomic E-state index is 6.06. The first kappa shape index (κ1) is 13.0. The van der Waals surface area contributed by atoms with E-state index in [1.165, 1.54) is 19.3 Å². The number of hydrogen-bond donors (Lipinski definition) is 0. The summed E-state index contributed by atoms with van der Waals surface area (Å²) in [5.41, 5.74) is 0.119. The molecule has 0 amide bonds. The highest BCUT2D eigenvalue weighted by atomic mass is 16.5. The van der Waals surface area contributed by atoms with E-state index in [9.17, 15) is 0 Å². The molecule has 0 aromatic rings. The van der Waals surface area contributed by atoms with Gasteiger partial charge in [-0.3, -0.25) is 4.90 Å². The Morgan fingerprint density at radius 1 is 1.33 bits per heavy atom.